The molecule has 1 amide bonds. The van der Waals surface area contributed by atoms with E-state index in [4.69, 9.17) is 9.15 Å². The Kier molecular flexibility index (Phi) is 6.23. The molecule has 1 fully saturated rings. The van der Waals surface area contributed by atoms with Crippen molar-refractivity contribution in [1.29, 1.82) is 0 Å². The fourth-order valence-corrected chi connectivity index (χ4v) is 3.89. The molecule has 7 heteroatoms. The zero-order valence-electron chi connectivity index (χ0n) is 17.9. The second kappa shape index (κ2) is 9.22. The monoisotopic (exact) mass is 421 g/mol. The first-order valence-electron chi connectivity index (χ1n) is 10.6. The standard InChI is InChI=1S/C24H27N3O4/c1-3-26-10-12-27(13-11-26)21-7-5-4-6-20(21)25-23(28)16-30-18-8-9-19-17(2)14-24(29)31-22(19)15-18/h4-9,14-15H,3,10-13,16H2,1-2H3,(H,25,28). The van der Waals surface area contributed by atoms with E-state index in [1.54, 1.807) is 12.1 Å². The Bertz CT molecular complexity index is 1130. The number of hydrogen-bond donors (Lipinski definition) is 1. The highest BCUT2D eigenvalue weighted by molar-refractivity contribution is 5.95. The number of ether oxygens (including phenoxy) is 1. The lowest BCUT2D eigenvalue weighted by Crippen LogP contribution is -2.46. The average Bonchev–Trinajstić information content (AvgIpc) is 2.78. The summed E-state index contributed by atoms with van der Waals surface area (Å²) in [6.07, 6.45) is 0. The number of para-hydroxylation sites is 2. The maximum atomic E-state index is 12.6. The molecule has 0 radical (unpaired) electrons. The smallest absolute Gasteiger partial charge is 0.336 e. The van der Waals surface area contributed by atoms with Crippen molar-refractivity contribution in [2.45, 2.75) is 13.8 Å². The fourth-order valence-electron chi connectivity index (χ4n) is 3.89. The van der Waals surface area contributed by atoms with Gasteiger partial charge in [0.15, 0.2) is 6.61 Å². The molecule has 0 bridgehead atoms. The van der Waals surface area contributed by atoms with Gasteiger partial charge in [0, 0.05) is 43.7 Å². The highest BCUT2D eigenvalue weighted by Crippen LogP contribution is 2.27. The number of nitrogens with zero attached hydrogens (tertiary/aromatic N) is 2. The quantitative estimate of drug-likeness (QED) is 0.616. The molecule has 2 heterocycles. The van der Waals surface area contributed by atoms with Crippen LogP contribution in [-0.2, 0) is 4.79 Å². The van der Waals surface area contributed by atoms with Crippen LogP contribution in [0.5, 0.6) is 5.75 Å². The normalized spacial score (nSPS) is 14.6. The van der Waals surface area contributed by atoms with Crippen molar-refractivity contribution in [1.82, 2.24) is 4.90 Å². The van der Waals surface area contributed by atoms with E-state index in [1.165, 1.54) is 6.07 Å². The van der Waals surface area contributed by atoms with Gasteiger partial charge in [0.05, 0.1) is 11.4 Å². The van der Waals surface area contributed by atoms with Gasteiger partial charge in [-0.2, -0.15) is 0 Å². The summed E-state index contributed by atoms with van der Waals surface area (Å²) in [5, 5.41) is 3.81. The van der Waals surface area contributed by atoms with Gasteiger partial charge in [-0.1, -0.05) is 19.1 Å². The van der Waals surface area contributed by atoms with Crippen molar-refractivity contribution in [2.24, 2.45) is 0 Å². The van der Waals surface area contributed by atoms with Crippen LogP contribution in [-0.4, -0.2) is 50.1 Å². The Morgan fingerprint density at radius 1 is 1.10 bits per heavy atom. The molecule has 1 aliphatic heterocycles. The highest BCUT2D eigenvalue weighted by Gasteiger charge is 2.19. The molecule has 1 N–H and O–H groups in total. The lowest BCUT2D eigenvalue weighted by atomic mass is 10.1. The Morgan fingerprint density at radius 2 is 1.87 bits per heavy atom. The summed E-state index contributed by atoms with van der Waals surface area (Å²) < 4.78 is 10.9. The Balaban J connectivity index is 1.41. The minimum absolute atomic E-state index is 0.139. The van der Waals surface area contributed by atoms with E-state index in [1.807, 2.05) is 37.3 Å². The third-order valence-corrected chi connectivity index (χ3v) is 5.63. The van der Waals surface area contributed by atoms with Crippen LogP contribution in [0.3, 0.4) is 0 Å². The lowest BCUT2D eigenvalue weighted by molar-refractivity contribution is -0.118. The van der Waals surface area contributed by atoms with E-state index in [0.29, 0.717) is 11.3 Å². The molecular weight excluding hydrogens is 394 g/mol. The molecular formula is C24H27N3O4. The molecule has 0 unspecified atom stereocenters. The molecule has 4 rings (SSSR count). The van der Waals surface area contributed by atoms with Crippen LogP contribution in [0.1, 0.15) is 12.5 Å². The summed E-state index contributed by atoms with van der Waals surface area (Å²) in [5.41, 5.74) is 2.68. The maximum Gasteiger partial charge on any atom is 0.336 e. The van der Waals surface area contributed by atoms with Gasteiger partial charge in [0.25, 0.3) is 5.91 Å². The number of nitrogens with one attached hydrogen (secondary N) is 1. The van der Waals surface area contributed by atoms with Crippen LogP contribution in [0, 0.1) is 6.92 Å². The number of hydrogen-bond acceptors (Lipinski definition) is 6. The van der Waals surface area contributed by atoms with Crippen LogP contribution in [0.2, 0.25) is 0 Å². The summed E-state index contributed by atoms with van der Waals surface area (Å²) in [7, 11) is 0. The van der Waals surface area contributed by atoms with Crippen molar-refractivity contribution in [3.8, 4) is 5.75 Å². The van der Waals surface area contributed by atoms with Crippen LogP contribution >= 0.6 is 0 Å². The molecule has 0 aliphatic carbocycles. The Morgan fingerprint density at radius 3 is 2.65 bits per heavy atom. The number of amides is 1. The van der Waals surface area contributed by atoms with Crippen molar-refractivity contribution in [2.75, 3.05) is 49.5 Å². The van der Waals surface area contributed by atoms with Gasteiger partial charge < -0.3 is 24.3 Å². The molecule has 0 spiro atoms. The lowest BCUT2D eigenvalue weighted by Gasteiger charge is -2.36. The van der Waals surface area contributed by atoms with Crippen molar-refractivity contribution in [3.63, 3.8) is 0 Å². The van der Waals surface area contributed by atoms with Gasteiger partial charge in [-0.15, -0.1) is 0 Å². The van der Waals surface area contributed by atoms with E-state index in [9.17, 15) is 9.59 Å². The predicted octanol–water partition coefficient (Wildman–Crippen LogP) is 3.26. The van der Waals surface area contributed by atoms with Crippen LogP contribution in [0.4, 0.5) is 11.4 Å². The van der Waals surface area contributed by atoms with Crippen LogP contribution in [0.15, 0.2) is 57.7 Å². The largest absolute Gasteiger partial charge is 0.484 e. The zero-order valence-corrected chi connectivity index (χ0v) is 17.9. The second-order valence-corrected chi connectivity index (χ2v) is 7.68. The van der Waals surface area contributed by atoms with Gasteiger partial charge >= 0.3 is 5.63 Å². The summed E-state index contributed by atoms with van der Waals surface area (Å²) >= 11 is 0. The fraction of sp³-hybridized carbons (Fsp3) is 0.333. The minimum Gasteiger partial charge on any atom is -0.484 e. The molecule has 0 saturated carbocycles. The maximum absolute atomic E-state index is 12.6. The molecule has 3 aromatic rings. The van der Waals surface area contributed by atoms with E-state index in [0.717, 1.165) is 55.0 Å². The van der Waals surface area contributed by atoms with Crippen LogP contribution < -0.4 is 20.6 Å². The molecule has 31 heavy (non-hydrogen) atoms. The summed E-state index contributed by atoms with van der Waals surface area (Å²) in [4.78, 5) is 28.9. The Hall–Kier alpha value is -3.32. The molecule has 162 valence electrons. The second-order valence-electron chi connectivity index (χ2n) is 7.68. The first-order valence-corrected chi connectivity index (χ1v) is 10.6. The van der Waals surface area contributed by atoms with E-state index in [-0.39, 0.29) is 12.5 Å². The molecule has 1 aromatic heterocycles. The number of rotatable bonds is 6. The van der Waals surface area contributed by atoms with Gasteiger partial charge in [0.2, 0.25) is 0 Å². The summed E-state index contributed by atoms with van der Waals surface area (Å²) in [6.45, 7) is 8.83. The molecule has 7 nitrogen and oxygen atoms in total. The molecule has 1 saturated heterocycles. The first kappa shape index (κ1) is 20.9. The van der Waals surface area contributed by atoms with Crippen molar-refractivity contribution < 1.29 is 13.9 Å². The highest BCUT2D eigenvalue weighted by atomic mass is 16.5. The summed E-state index contributed by atoms with van der Waals surface area (Å²) in [5.74, 6) is 0.228. The number of carbonyl (C=O) groups is 1. The third kappa shape index (κ3) is 4.88. The zero-order chi connectivity index (χ0) is 21.8. The third-order valence-electron chi connectivity index (χ3n) is 5.63. The van der Waals surface area contributed by atoms with Gasteiger partial charge in [-0.3, -0.25) is 4.79 Å². The summed E-state index contributed by atoms with van der Waals surface area (Å²) in [6, 6.07) is 14.5. The van der Waals surface area contributed by atoms with E-state index < -0.39 is 5.63 Å². The molecule has 1 aliphatic rings. The number of piperazine rings is 1. The number of anilines is 2. The van der Waals surface area contributed by atoms with E-state index in [2.05, 4.69) is 22.0 Å². The SMILES string of the molecule is CCN1CCN(c2ccccc2NC(=O)COc2ccc3c(C)cc(=O)oc3c2)CC1. The topological polar surface area (TPSA) is 75.0 Å². The Labute approximate surface area is 181 Å². The number of benzene rings is 2. The first-order chi connectivity index (χ1) is 15.0. The molecule has 2 aromatic carbocycles. The van der Waals surface area contributed by atoms with Crippen molar-refractivity contribution >= 4 is 28.3 Å². The number of fused-ring (bicyclic) bond motifs is 1. The van der Waals surface area contributed by atoms with Gasteiger partial charge in [-0.25, -0.2) is 4.79 Å². The van der Waals surface area contributed by atoms with E-state index >= 15 is 0 Å². The average molecular weight is 421 g/mol. The van der Waals surface area contributed by atoms with Gasteiger partial charge in [0.1, 0.15) is 11.3 Å². The minimum atomic E-state index is -0.406. The van der Waals surface area contributed by atoms with Crippen LogP contribution in [0.25, 0.3) is 11.0 Å². The molecule has 0 atom stereocenters. The number of carbonyl (C=O) groups excluding carboxylic acids is 1. The predicted molar refractivity (Wildman–Crippen MR) is 122 cm³/mol. The van der Waals surface area contributed by atoms with Gasteiger partial charge in [-0.05, 0) is 43.3 Å². The van der Waals surface area contributed by atoms with Crippen molar-refractivity contribution in [3.05, 3.63) is 64.5 Å². The number of aryl methyl sites for hydroxylation is 1. The number of likely N-dealkylation sites (N-methyl/N-ethyl adjacent to an activating group) is 1.